The molecule has 2 aliphatic rings. The molecule has 2 fully saturated rings. The normalized spacial score (nSPS) is 24.1. The van der Waals surface area contributed by atoms with Crippen LogP contribution >= 0.6 is 0 Å². The van der Waals surface area contributed by atoms with Crippen LogP contribution in [-0.4, -0.2) is 37.6 Å². The first-order valence-corrected chi connectivity index (χ1v) is 8.51. The molecule has 0 N–H and O–H groups in total. The molecule has 0 atom stereocenters. The third-order valence-electron chi connectivity index (χ3n) is 5.13. The highest BCUT2D eigenvalue weighted by molar-refractivity contribution is 6.62. The van der Waals surface area contributed by atoms with Gasteiger partial charge in [-0.1, -0.05) is 24.3 Å². The van der Waals surface area contributed by atoms with Crippen LogP contribution in [0.1, 0.15) is 46.1 Å². The molecule has 2 aliphatic heterocycles. The summed E-state index contributed by atoms with van der Waals surface area (Å²) in [5.41, 5.74) is 1.58. The van der Waals surface area contributed by atoms with Crippen molar-refractivity contribution in [3.8, 4) is 0 Å². The van der Waals surface area contributed by atoms with Gasteiger partial charge in [0.25, 0.3) is 0 Å². The average Bonchev–Trinajstić information content (AvgIpc) is 2.75. The van der Waals surface area contributed by atoms with Crippen LogP contribution in [0.2, 0.25) is 0 Å². The Kier molecular flexibility index (Phi) is 4.84. The molecular weight excluding hydrogens is 291 g/mol. The summed E-state index contributed by atoms with van der Waals surface area (Å²) in [5, 5.41) is 0. The zero-order chi connectivity index (χ0) is 16.5. The zero-order valence-corrected chi connectivity index (χ0v) is 14.6. The van der Waals surface area contributed by atoms with Crippen molar-refractivity contribution in [1.82, 2.24) is 0 Å². The van der Waals surface area contributed by atoms with Gasteiger partial charge in [0, 0.05) is 13.2 Å². The molecule has 0 aromatic heterocycles. The van der Waals surface area contributed by atoms with Crippen molar-refractivity contribution >= 4 is 12.6 Å². The second-order valence-corrected chi connectivity index (χ2v) is 7.46. The molecule has 2 heterocycles. The molecule has 0 saturated carbocycles. The van der Waals surface area contributed by atoms with Crippen molar-refractivity contribution in [3.63, 3.8) is 0 Å². The number of rotatable bonds is 4. The number of benzene rings is 1. The average molecular weight is 318 g/mol. The maximum Gasteiger partial charge on any atom is 0.494 e. The van der Waals surface area contributed by atoms with E-state index >= 15 is 0 Å². The van der Waals surface area contributed by atoms with E-state index in [0.717, 1.165) is 37.1 Å². The first-order chi connectivity index (χ1) is 10.9. The van der Waals surface area contributed by atoms with E-state index in [1.54, 1.807) is 0 Å². The van der Waals surface area contributed by atoms with Gasteiger partial charge in [0.05, 0.1) is 23.9 Å². The maximum atomic E-state index is 6.12. The minimum absolute atomic E-state index is 0.309. The van der Waals surface area contributed by atoms with Crippen molar-refractivity contribution in [2.75, 3.05) is 13.2 Å². The van der Waals surface area contributed by atoms with E-state index in [2.05, 4.69) is 45.9 Å². The second-order valence-electron chi connectivity index (χ2n) is 7.46. The lowest BCUT2D eigenvalue weighted by Crippen LogP contribution is -2.41. The van der Waals surface area contributed by atoms with Gasteiger partial charge in [-0.15, -0.1) is 0 Å². The Morgan fingerprint density at radius 2 is 1.74 bits per heavy atom. The van der Waals surface area contributed by atoms with Crippen LogP contribution in [0.5, 0.6) is 0 Å². The Morgan fingerprint density at radius 1 is 1.09 bits per heavy atom. The first-order valence-electron chi connectivity index (χ1n) is 8.51. The Morgan fingerprint density at radius 3 is 2.39 bits per heavy atom. The van der Waals surface area contributed by atoms with Gasteiger partial charge in [0.2, 0.25) is 0 Å². The van der Waals surface area contributed by atoms with Crippen LogP contribution in [-0.2, 0) is 25.4 Å². The van der Waals surface area contributed by atoms with Gasteiger partial charge >= 0.3 is 7.12 Å². The maximum absolute atomic E-state index is 6.12. The molecule has 23 heavy (non-hydrogen) atoms. The third kappa shape index (κ3) is 3.79. The monoisotopic (exact) mass is 318 g/mol. The van der Waals surface area contributed by atoms with Crippen LogP contribution in [0.25, 0.3) is 0 Å². The molecule has 4 nitrogen and oxygen atoms in total. The van der Waals surface area contributed by atoms with Crippen molar-refractivity contribution in [2.24, 2.45) is 0 Å². The molecule has 1 aromatic rings. The number of hydrogen-bond acceptors (Lipinski definition) is 4. The van der Waals surface area contributed by atoms with Gasteiger partial charge in [0.1, 0.15) is 0 Å². The van der Waals surface area contributed by atoms with Gasteiger partial charge in [-0.05, 0) is 51.6 Å². The molecule has 0 aliphatic carbocycles. The van der Waals surface area contributed by atoms with E-state index in [4.69, 9.17) is 18.8 Å². The van der Waals surface area contributed by atoms with Crippen LogP contribution in [0, 0.1) is 0 Å². The fourth-order valence-electron chi connectivity index (χ4n) is 2.87. The quantitative estimate of drug-likeness (QED) is 0.800. The lowest BCUT2D eigenvalue weighted by Gasteiger charge is -2.32. The standard InChI is InChI=1S/C18H27BO4/c1-17(2)18(3,4)23-19(22-17)15-7-5-6-14(12-15)13-21-16-8-10-20-11-9-16/h5-7,12,16H,8-11,13H2,1-4H3. The lowest BCUT2D eigenvalue weighted by atomic mass is 9.78. The molecule has 2 saturated heterocycles. The fourth-order valence-corrected chi connectivity index (χ4v) is 2.87. The van der Waals surface area contributed by atoms with Crippen molar-refractivity contribution in [3.05, 3.63) is 29.8 Å². The molecule has 126 valence electrons. The zero-order valence-electron chi connectivity index (χ0n) is 14.6. The summed E-state index contributed by atoms with van der Waals surface area (Å²) in [7, 11) is -0.317. The van der Waals surface area contributed by atoms with Gasteiger partial charge in [-0.2, -0.15) is 0 Å². The Hall–Kier alpha value is -0.875. The topological polar surface area (TPSA) is 36.9 Å². The minimum Gasteiger partial charge on any atom is -0.399 e. The SMILES string of the molecule is CC1(C)OB(c2cccc(COC3CCOCC3)c2)OC1(C)C. The van der Waals surface area contributed by atoms with Crippen molar-refractivity contribution in [2.45, 2.75) is 64.4 Å². The highest BCUT2D eigenvalue weighted by Crippen LogP contribution is 2.36. The lowest BCUT2D eigenvalue weighted by molar-refractivity contribution is -0.0390. The summed E-state index contributed by atoms with van der Waals surface area (Å²) < 4.78 is 23.6. The molecule has 5 heteroatoms. The Bertz CT molecular complexity index is 522. The predicted octanol–water partition coefficient (Wildman–Crippen LogP) is 2.68. The highest BCUT2D eigenvalue weighted by atomic mass is 16.7. The van der Waals surface area contributed by atoms with Crippen molar-refractivity contribution < 1.29 is 18.8 Å². The van der Waals surface area contributed by atoms with Gasteiger partial charge in [-0.25, -0.2) is 0 Å². The van der Waals surface area contributed by atoms with Crippen LogP contribution in [0.3, 0.4) is 0 Å². The molecule has 0 spiro atoms. The minimum atomic E-state index is -0.317. The van der Waals surface area contributed by atoms with E-state index in [1.807, 2.05) is 6.07 Å². The predicted molar refractivity (Wildman–Crippen MR) is 90.8 cm³/mol. The summed E-state index contributed by atoms with van der Waals surface area (Å²) in [4.78, 5) is 0. The van der Waals surface area contributed by atoms with Gasteiger partial charge in [-0.3, -0.25) is 0 Å². The van der Waals surface area contributed by atoms with Gasteiger partial charge < -0.3 is 18.8 Å². The number of hydrogen-bond donors (Lipinski definition) is 0. The fraction of sp³-hybridized carbons (Fsp3) is 0.667. The molecule has 0 unspecified atom stereocenters. The number of ether oxygens (including phenoxy) is 2. The molecule has 0 radical (unpaired) electrons. The second kappa shape index (κ2) is 6.56. The molecule has 0 bridgehead atoms. The highest BCUT2D eigenvalue weighted by Gasteiger charge is 2.51. The van der Waals surface area contributed by atoms with Crippen molar-refractivity contribution in [1.29, 1.82) is 0 Å². The van der Waals surface area contributed by atoms with Crippen LogP contribution < -0.4 is 5.46 Å². The van der Waals surface area contributed by atoms with Gasteiger partial charge in [0.15, 0.2) is 0 Å². The summed E-state index contributed by atoms with van der Waals surface area (Å²) in [6.07, 6.45) is 2.28. The summed E-state index contributed by atoms with van der Waals surface area (Å²) in [6, 6.07) is 8.32. The Balaban J connectivity index is 1.63. The van der Waals surface area contributed by atoms with Crippen LogP contribution in [0.15, 0.2) is 24.3 Å². The Labute approximate surface area is 139 Å². The summed E-state index contributed by atoms with van der Waals surface area (Å²) in [5.74, 6) is 0. The third-order valence-corrected chi connectivity index (χ3v) is 5.13. The summed E-state index contributed by atoms with van der Waals surface area (Å²) >= 11 is 0. The molecule has 0 amide bonds. The molecular formula is C18H27BO4. The van der Waals surface area contributed by atoms with E-state index < -0.39 is 0 Å². The van der Waals surface area contributed by atoms with E-state index in [1.165, 1.54) is 0 Å². The smallest absolute Gasteiger partial charge is 0.399 e. The van der Waals surface area contributed by atoms with E-state index in [9.17, 15) is 0 Å². The van der Waals surface area contributed by atoms with E-state index in [0.29, 0.717) is 12.7 Å². The molecule has 1 aromatic carbocycles. The van der Waals surface area contributed by atoms with E-state index in [-0.39, 0.29) is 18.3 Å². The largest absolute Gasteiger partial charge is 0.494 e. The van der Waals surface area contributed by atoms with Crippen LogP contribution in [0.4, 0.5) is 0 Å². The summed E-state index contributed by atoms with van der Waals surface area (Å²) in [6.45, 7) is 10.5. The first kappa shape index (κ1) is 17.0. The molecule has 3 rings (SSSR count).